The second-order valence-corrected chi connectivity index (χ2v) is 2.67. The van der Waals surface area contributed by atoms with Crippen LogP contribution in [0.2, 0.25) is 0 Å². The Morgan fingerprint density at radius 1 is 1.14 bits per heavy atom. The molecule has 0 fully saturated rings. The van der Waals surface area contributed by atoms with Crippen LogP contribution in [-0.4, -0.2) is 39.4 Å². The Labute approximate surface area is 83.3 Å². The topological polar surface area (TPSA) is 61.8 Å². The van der Waals surface area contributed by atoms with Crippen LogP contribution in [0, 0.1) is 5.92 Å². The van der Waals surface area contributed by atoms with Crippen molar-refractivity contribution in [2.45, 2.75) is 13.3 Å². The lowest BCUT2D eigenvalue weighted by molar-refractivity contribution is -0.161. The van der Waals surface area contributed by atoms with E-state index in [1.165, 1.54) is 14.2 Å². The third kappa shape index (κ3) is 4.23. The Kier molecular flexibility index (Phi) is 6.74. The highest BCUT2D eigenvalue weighted by Crippen LogP contribution is 2.03. The number of esters is 2. The molecular weight excluding hydrogens is 188 g/mol. The molecule has 0 heterocycles. The zero-order valence-electron chi connectivity index (χ0n) is 8.74. The van der Waals surface area contributed by atoms with Crippen molar-refractivity contribution in [1.29, 1.82) is 0 Å². The quantitative estimate of drug-likeness (QED) is 0.355. The molecule has 0 aromatic rings. The molecule has 0 aliphatic rings. The van der Waals surface area contributed by atoms with E-state index in [1.807, 2.05) is 6.92 Å². The summed E-state index contributed by atoms with van der Waals surface area (Å²) in [5, 5.41) is 0. The van der Waals surface area contributed by atoms with Crippen molar-refractivity contribution in [3.8, 4) is 0 Å². The molecule has 0 bridgehead atoms. The van der Waals surface area contributed by atoms with Gasteiger partial charge >= 0.3 is 11.9 Å². The van der Waals surface area contributed by atoms with Gasteiger partial charge in [0.15, 0.2) is 5.92 Å². The molecule has 0 saturated heterocycles. The molecule has 0 aliphatic carbocycles. The number of ether oxygens (including phenoxy) is 3. The van der Waals surface area contributed by atoms with Gasteiger partial charge in [0, 0.05) is 6.61 Å². The molecule has 0 aliphatic heterocycles. The highest BCUT2D eigenvalue weighted by molar-refractivity contribution is 5.94. The fraction of sp³-hybridized carbons (Fsp3) is 0.778. The molecule has 14 heavy (non-hydrogen) atoms. The molecule has 0 radical (unpaired) electrons. The Morgan fingerprint density at radius 2 is 1.64 bits per heavy atom. The molecule has 0 aromatic heterocycles. The number of carbonyl (C=O) groups excluding carboxylic acids is 2. The summed E-state index contributed by atoms with van der Waals surface area (Å²) in [7, 11) is 2.44. The smallest absolute Gasteiger partial charge is 0.322 e. The first-order valence-corrected chi connectivity index (χ1v) is 4.40. The zero-order chi connectivity index (χ0) is 11.0. The predicted molar refractivity (Wildman–Crippen MR) is 48.6 cm³/mol. The first-order chi connectivity index (χ1) is 6.67. The Bertz CT molecular complexity index is 174. The van der Waals surface area contributed by atoms with Crippen LogP contribution in [-0.2, 0) is 23.8 Å². The van der Waals surface area contributed by atoms with E-state index in [2.05, 4.69) is 9.47 Å². The molecule has 0 atom stereocenters. The molecule has 0 rings (SSSR count). The first-order valence-electron chi connectivity index (χ1n) is 4.40. The van der Waals surface area contributed by atoms with E-state index in [1.54, 1.807) is 0 Å². The monoisotopic (exact) mass is 204 g/mol. The standard InChI is InChI=1S/C9H16O5/c1-4-5-14-6-7(8(10)12-2)9(11)13-3/h7H,4-6H2,1-3H3. The maximum atomic E-state index is 11.1. The summed E-state index contributed by atoms with van der Waals surface area (Å²) in [5.74, 6) is -2.24. The molecule has 5 nitrogen and oxygen atoms in total. The maximum Gasteiger partial charge on any atom is 0.322 e. The van der Waals surface area contributed by atoms with Crippen LogP contribution in [0.5, 0.6) is 0 Å². The van der Waals surface area contributed by atoms with Crippen molar-refractivity contribution in [3.63, 3.8) is 0 Å². The minimum Gasteiger partial charge on any atom is -0.468 e. The van der Waals surface area contributed by atoms with E-state index < -0.39 is 17.9 Å². The van der Waals surface area contributed by atoms with Crippen molar-refractivity contribution in [2.24, 2.45) is 5.92 Å². The summed E-state index contributed by atoms with van der Waals surface area (Å²) in [6.07, 6.45) is 0.828. The van der Waals surface area contributed by atoms with Gasteiger partial charge in [-0.15, -0.1) is 0 Å². The minimum absolute atomic E-state index is 0.00713. The van der Waals surface area contributed by atoms with E-state index >= 15 is 0 Å². The molecule has 0 N–H and O–H groups in total. The lowest BCUT2D eigenvalue weighted by Crippen LogP contribution is -2.30. The summed E-state index contributed by atoms with van der Waals surface area (Å²) >= 11 is 0. The van der Waals surface area contributed by atoms with Gasteiger partial charge in [-0.25, -0.2) is 0 Å². The van der Waals surface area contributed by atoms with E-state index in [4.69, 9.17) is 4.74 Å². The fourth-order valence-electron chi connectivity index (χ4n) is 0.862. The van der Waals surface area contributed by atoms with Gasteiger partial charge in [-0.05, 0) is 6.42 Å². The lowest BCUT2D eigenvalue weighted by Gasteiger charge is -2.11. The van der Waals surface area contributed by atoms with Crippen LogP contribution in [0.1, 0.15) is 13.3 Å². The fourth-order valence-corrected chi connectivity index (χ4v) is 0.862. The molecular formula is C9H16O5. The highest BCUT2D eigenvalue weighted by Gasteiger charge is 2.28. The largest absolute Gasteiger partial charge is 0.468 e. The molecule has 0 amide bonds. The predicted octanol–water partition coefficient (Wildman–Crippen LogP) is 0.375. The van der Waals surface area contributed by atoms with Gasteiger partial charge < -0.3 is 14.2 Å². The molecule has 5 heteroatoms. The average Bonchev–Trinajstić information content (AvgIpc) is 2.22. The average molecular weight is 204 g/mol. The van der Waals surface area contributed by atoms with Crippen LogP contribution < -0.4 is 0 Å². The number of hydrogen-bond donors (Lipinski definition) is 0. The van der Waals surface area contributed by atoms with Crippen molar-refractivity contribution < 1.29 is 23.8 Å². The summed E-state index contributed by atoms with van der Waals surface area (Å²) in [6, 6.07) is 0. The van der Waals surface area contributed by atoms with Crippen LogP contribution in [0.25, 0.3) is 0 Å². The number of carbonyl (C=O) groups is 2. The second kappa shape index (κ2) is 7.32. The van der Waals surface area contributed by atoms with Gasteiger partial charge in [0.25, 0.3) is 0 Å². The highest BCUT2D eigenvalue weighted by atomic mass is 16.5. The summed E-state index contributed by atoms with van der Waals surface area (Å²) in [6.45, 7) is 2.45. The lowest BCUT2D eigenvalue weighted by atomic mass is 10.2. The first kappa shape index (κ1) is 12.9. The second-order valence-electron chi connectivity index (χ2n) is 2.67. The molecule has 82 valence electrons. The van der Waals surface area contributed by atoms with Gasteiger partial charge in [0.05, 0.1) is 20.8 Å². The van der Waals surface area contributed by atoms with E-state index in [0.29, 0.717) is 6.61 Å². The van der Waals surface area contributed by atoms with Crippen molar-refractivity contribution in [2.75, 3.05) is 27.4 Å². The van der Waals surface area contributed by atoms with Gasteiger partial charge in [-0.2, -0.15) is 0 Å². The third-order valence-electron chi connectivity index (χ3n) is 1.60. The van der Waals surface area contributed by atoms with Crippen molar-refractivity contribution >= 4 is 11.9 Å². The van der Waals surface area contributed by atoms with Crippen molar-refractivity contribution in [3.05, 3.63) is 0 Å². The molecule has 0 saturated carbocycles. The van der Waals surface area contributed by atoms with Crippen LogP contribution in [0.15, 0.2) is 0 Å². The van der Waals surface area contributed by atoms with Gasteiger partial charge in [-0.3, -0.25) is 9.59 Å². The van der Waals surface area contributed by atoms with Gasteiger partial charge in [0.2, 0.25) is 0 Å². The van der Waals surface area contributed by atoms with Crippen LogP contribution in [0.4, 0.5) is 0 Å². The number of methoxy groups -OCH3 is 2. The summed E-state index contributed by atoms with van der Waals surface area (Å²) in [5.41, 5.74) is 0. The Morgan fingerprint density at radius 3 is 2.00 bits per heavy atom. The zero-order valence-corrected chi connectivity index (χ0v) is 8.74. The van der Waals surface area contributed by atoms with E-state index in [0.717, 1.165) is 6.42 Å². The van der Waals surface area contributed by atoms with Crippen LogP contribution >= 0.6 is 0 Å². The van der Waals surface area contributed by atoms with Gasteiger partial charge in [0.1, 0.15) is 0 Å². The number of hydrogen-bond acceptors (Lipinski definition) is 5. The minimum atomic E-state index is -0.975. The Balaban J connectivity index is 4.11. The summed E-state index contributed by atoms with van der Waals surface area (Å²) in [4.78, 5) is 22.2. The molecule has 0 aromatic carbocycles. The Hall–Kier alpha value is -1.10. The van der Waals surface area contributed by atoms with Gasteiger partial charge in [-0.1, -0.05) is 6.92 Å². The third-order valence-corrected chi connectivity index (χ3v) is 1.60. The maximum absolute atomic E-state index is 11.1. The summed E-state index contributed by atoms with van der Waals surface area (Å²) < 4.78 is 14.0. The van der Waals surface area contributed by atoms with Crippen molar-refractivity contribution in [1.82, 2.24) is 0 Å². The number of rotatable bonds is 6. The van der Waals surface area contributed by atoms with Crippen LogP contribution in [0.3, 0.4) is 0 Å². The van der Waals surface area contributed by atoms with E-state index in [9.17, 15) is 9.59 Å². The SMILES string of the molecule is CCCOCC(C(=O)OC)C(=O)OC. The normalized spacial score (nSPS) is 10.0. The molecule has 0 spiro atoms. The molecule has 0 unspecified atom stereocenters. The van der Waals surface area contributed by atoms with E-state index in [-0.39, 0.29) is 6.61 Å².